The Morgan fingerprint density at radius 1 is 1.15 bits per heavy atom. The van der Waals surface area contributed by atoms with Crippen molar-refractivity contribution in [2.45, 2.75) is 26.2 Å². The minimum Gasteiger partial charge on any atom is -0.322 e. The van der Waals surface area contributed by atoms with Gasteiger partial charge in [0.05, 0.1) is 5.69 Å². The Kier molecular flexibility index (Phi) is 2.91. The zero-order valence-corrected chi connectivity index (χ0v) is 9.60. The van der Waals surface area contributed by atoms with Crippen LogP contribution < -0.4 is 4.31 Å². The van der Waals surface area contributed by atoms with E-state index in [9.17, 15) is 0 Å². The first-order chi connectivity index (χ1) is 5.93. The molecule has 0 atom stereocenters. The monoisotopic (exact) mass is 195 g/mol. The molecule has 0 heterocycles. The van der Waals surface area contributed by atoms with Gasteiger partial charge in [0.25, 0.3) is 0 Å². The van der Waals surface area contributed by atoms with Crippen molar-refractivity contribution in [1.29, 1.82) is 0 Å². The van der Waals surface area contributed by atoms with E-state index in [1.807, 2.05) is 17.4 Å². The fraction of sp³-hybridized carbons (Fsp3) is 0.455. The van der Waals surface area contributed by atoms with Gasteiger partial charge in [-0.2, -0.15) is 0 Å². The second kappa shape index (κ2) is 3.62. The molecule has 0 N–H and O–H groups in total. The summed E-state index contributed by atoms with van der Waals surface area (Å²) in [5, 5.41) is 0. The molecule has 0 fully saturated rings. The van der Waals surface area contributed by atoms with E-state index in [-0.39, 0.29) is 5.41 Å². The summed E-state index contributed by atoms with van der Waals surface area (Å²) < 4.78 is 1.86. The van der Waals surface area contributed by atoms with Gasteiger partial charge in [-0.15, -0.1) is 0 Å². The smallest absolute Gasteiger partial charge is 0.0501 e. The van der Waals surface area contributed by atoms with Gasteiger partial charge in [0.2, 0.25) is 0 Å². The van der Waals surface area contributed by atoms with E-state index in [1.54, 1.807) is 0 Å². The predicted molar refractivity (Wildman–Crippen MR) is 62.5 cm³/mol. The Hall–Kier alpha value is -0.630. The highest BCUT2D eigenvalue weighted by molar-refractivity contribution is 7.81. The van der Waals surface area contributed by atoms with Gasteiger partial charge in [-0.25, -0.2) is 0 Å². The van der Waals surface area contributed by atoms with Crippen molar-refractivity contribution >= 4 is 18.5 Å². The van der Waals surface area contributed by atoms with Gasteiger partial charge in [-0.1, -0.05) is 51.8 Å². The molecular weight excluding hydrogens is 178 g/mol. The fourth-order valence-corrected chi connectivity index (χ4v) is 1.56. The van der Waals surface area contributed by atoms with Crippen LogP contribution in [0.5, 0.6) is 0 Å². The second-order valence-corrected chi connectivity index (χ2v) is 4.89. The van der Waals surface area contributed by atoms with E-state index >= 15 is 0 Å². The number of para-hydroxylation sites is 1. The highest BCUT2D eigenvalue weighted by atomic mass is 32.1. The minimum absolute atomic E-state index is 0.174. The number of nitrogens with zero attached hydrogens (tertiary/aromatic N) is 1. The van der Waals surface area contributed by atoms with Crippen LogP contribution in [0.4, 0.5) is 5.69 Å². The highest BCUT2D eigenvalue weighted by Crippen LogP contribution is 2.31. The summed E-state index contributed by atoms with van der Waals surface area (Å²) in [5.41, 5.74) is 2.68. The molecule has 0 aliphatic rings. The molecule has 0 saturated carbocycles. The van der Waals surface area contributed by atoms with Crippen LogP contribution in [-0.2, 0) is 5.41 Å². The van der Waals surface area contributed by atoms with E-state index < -0.39 is 0 Å². The third-order valence-corrected chi connectivity index (χ3v) is 2.28. The number of hydrogen-bond donors (Lipinski definition) is 1. The van der Waals surface area contributed by atoms with Crippen molar-refractivity contribution in [3.8, 4) is 0 Å². The van der Waals surface area contributed by atoms with Crippen molar-refractivity contribution in [3.05, 3.63) is 29.8 Å². The maximum absolute atomic E-state index is 4.32. The molecule has 0 radical (unpaired) electrons. The van der Waals surface area contributed by atoms with E-state index in [0.29, 0.717) is 0 Å². The first-order valence-corrected chi connectivity index (χ1v) is 4.85. The lowest BCUT2D eigenvalue weighted by Crippen LogP contribution is -2.16. The first kappa shape index (κ1) is 10.5. The SMILES string of the molecule is CN(S)c1ccccc1C(C)(C)C. The minimum atomic E-state index is 0.174. The van der Waals surface area contributed by atoms with Crippen LogP contribution in [0.3, 0.4) is 0 Å². The van der Waals surface area contributed by atoms with Gasteiger partial charge in [-0.05, 0) is 17.0 Å². The Bertz CT molecular complexity index is 286. The third-order valence-electron chi connectivity index (χ3n) is 2.06. The molecule has 0 aliphatic carbocycles. The summed E-state index contributed by atoms with van der Waals surface area (Å²) in [7, 11) is 1.95. The Morgan fingerprint density at radius 3 is 2.08 bits per heavy atom. The molecule has 0 aromatic heterocycles. The average Bonchev–Trinajstić information content (AvgIpc) is 2.03. The van der Waals surface area contributed by atoms with Gasteiger partial charge < -0.3 is 4.31 Å². The summed E-state index contributed by atoms with van der Waals surface area (Å²) in [6, 6.07) is 8.36. The van der Waals surface area contributed by atoms with Crippen LogP contribution in [0.2, 0.25) is 0 Å². The van der Waals surface area contributed by atoms with E-state index in [2.05, 4.69) is 51.8 Å². The highest BCUT2D eigenvalue weighted by Gasteiger charge is 2.18. The molecule has 1 nitrogen and oxygen atoms in total. The molecule has 1 rings (SSSR count). The number of rotatable bonds is 1. The van der Waals surface area contributed by atoms with Gasteiger partial charge >= 0.3 is 0 Å². The lowest BCUT2D eigenvalue weighted by atomic mass is 9.86. The predicted octanol–water partition coefficient (Wildman–Crippen LogP) is 3.27. The molecule has 1 aromatic carbocycles. The van der Waals surface area contributed by atoms with Crippen molar-refractivity contribution in [2.75, 3.05) is 11.4 Å². The quantitative estimate of drug-likeness (QED) is 0.673. The lowest BCUT2D eigenvalue weighted by Gasteiger charge is -2.25. The van der Waals surface area contributed by atoms with Gasteiger partial charge in [0.15, 0.2) is 0 Å². The molecular formula is C11H17NS. The van der Waals surface area contributed by atoms with Gasteiger partial charge in [0, 0.05) is 7.05 Å². The summed E-state index contributed by atoms with van der Waals surface area (Å²) >= 11 is 4.32. The van der Waals surface area contributed by atoms with Crippen LogP contribution in [0.25, 0.3) is 0 Å². The molecule has 0 spiro atoms. The van der Waals surface area contributed by atoms with Gasteiger partial charge in [0.1, 0.15) is 0 Å². The van der Waals surface area contributed by atoms with E-state index in [0.717, 1.165) is 0 Å². The second-order valence-electron chi connectivity index (χ2n) is 4.29. The van der Waals surface area contributed by atoms with Crippen molar-refractivity contribution in [2.24, 2.45) is 0 Å². The maximum Gasteiger partial charge on any atom is 0.0501 e. The van der Waals surface area contributed by atoms with E-state index in [1.165, 1.54) is 11.3 Å². The largest absolute Gasteiger partial charge is 0.322 e. The van der Waals surface area contributed by atoms with Crippen molar-refractivity contribution in [1.82, 2.24) is 0 Å². The first-order valence-electron chi connectivity index (χ1n) is 4.45. The Morgan fingerprint density at radius 2 is 1.69 bits per heavy atom. The normalized spacial score (nSPS) is 11.5. The molecule has 0 amide bonds. The molecule has 0 bridgehead atoms. The van der Waals surface area contributed by atoms with Crippen LogP contribution in [0.15, 0.2) is 24.3 Å². The number of anilines is 1. The van der Waals surface area contributed by atoms with Crippen molar-refractivity contribution in [3.63, 3.8) is 0 Å². The number of benzene rings is 1. The molecule has 2 heteroatoms. The van der Waals surface area contributed by atoms with Crippen LogP contribution in [0, 0.1) is 0 Å². The summed E-state index contributed by atoms with van der Waals surface area (Å²) in [6.45, 7) is 6.63. The topological polar surface area (TPSA) is 3.24 Å². The number of hydrogen-bond acceptors (Lipinski definition) is 2. The number of thiol groups is 1. The Labute approximate surface area is 86.3 Å². The van der Waals surface area contributed by atoms with Crippen LogP contribution in [-0.4, -0.2) is 7.05 Å². The standard InChI is InChI=1S/C11H17NS/c1-11(2,3)9-7-5-6-8-10(9)12(4)13/h5-8,13H,1-4H3. The van der Waals surface area contributed by atoms with E-state index in [4.69, 9.17) is 0 Å². The average molecular weight is 195 g/mol. The zero-order valence-electron chi connectivity index (χ0n) is 8.70. The Balaban J connectivity index is 3.20. The summed E-state index contributed by atoms with van der Waals surface area (Å²) in [4.78, 5) is 0. The fourth-order valence-electron chi connectivity index (χ4n) is 1.39. The maximum atomic E-state index is 4.32. The van der Waals surface area contributed by atoms with Crippen LogP contribution >= 0.6 is 12.8 Å². The lowest BCUT2D eigenvalue weighted by molar-refractivity contribution is 0.591. The van der Waals surface area contributed by atoms with Gasteiger partial charge in [-0.3, -0.25) is 0 Å². The molecule has 0 unspecified atom stereocenters. The molecule has 72 valence electrons. The molecule has 0 aliphatic heterocycles. The van der Waals surface area contributed by atoms with Crippen molar-refractivity contribution < 1.29 is 0 Å². The third kappa shape index (κ3) is 2.41. The molecule has 13 heavy (non-hydrogen) atoms. The molecule has 0 saturated heterocycles. The molecule has 1 aromatic rings. The van der Waals surface area contributed by atoms with Crippen LogP contribution in [0.1, 0.15) is 26.3 Å². The summed E-state index contributed by atoms with van der Waals surface area (Å²) in [6.07, 6.45) is 0. The summed E-state index contributed by atoms with van der Waals surface area (Å²) in [5.74, 6) is 0. The zero-order chi connectivity index (χ0) is 10.1.